The topological polar surface area (TPSA) is 77.2 Å². The number of halogens is 1. The molecule has 0 aliphatic rings. The zero-order chi connectivity index (χ0) is 15.2. The van der Waals surface area contributed by atoms with Crippen molar-refractivity contribution in [2.75, 3.05) is 24.7 Å². The van der Waals surface area contributed by atoms with E-state index in [2.05, 4.69) is 15.0 Å². The van der Waals surface area contributed by atoms with Crippen LogP contribution in [-0.2, 0) is 11.2 Å². The Morgan fingerprint density at radius 2 is 2.29 bits per heavy atom. The molecule has 6 heteroatoms. The van der Waals surface area contributed by atoms with Crippen molar-refractivity contribution in [1.29, 1.82) is 0 Å². The highest BCUT2D eigenvalue weighted by Crippen LogP contribution is 2.22. The van der Waals surface area contributed by atoms with Crippen LogP contribution in [0.25, 0.3) is 0 Å². The first kappa shape index (κ1) is 14.8. The molecule has 0 spiro atoms. The number of hydrogen-bond donors (Lipinski definition) is 2. The van der Waals surface area contributed by atoms with Gasteiger partial charge in [-0.25, -0.2) is 9.18 Å². The molecular formula is C15H16FN3O2. The van der Waals surface area contributed by atoms with E-state index in [1.165, 1.54) is 13.2 Å². The van der Waals surface area contributed by atoms with Gasteiger partial charge in [-0.05, 0) is 30.2 Å². The van der Waals surface area contributed by atoms with Gasteiger partial charge in [0.25, 0.3) is 0 Å². The molecule has 0 aliphatic carbocycles. The number of hydrogen-bond acceptors (Lipinski definition) is 5. The van der Waals surface area contributed by atoms with Crippen molar-refractivity contribution in [2.45, 2.75) is 6.42 Å². The normalized spacial score (nSPS) is 10.2. The van der Waals surface area contributed by atoms with Gasteiger partial charge in [-0.1, -0.05) is 6.07 Å². The molecule has 0 atom stereocenters. The van der Waals surface area contributed by atoms with Crippen LogP contribution in [0.2, 0.25) is 0 Å². The Balaban J connectivity index is 2.07. The molecule has 3 N–H and O–H groups in total. The minimum Gasteiger partial charge on any atom is -0.465 e. The van der Waals surface area contributed by atoms with E-state index in [-0.39, 0.29) is 16.9 Å². The Kier molecular flexibility index (Phi) is 4.71. The van der Waals surface area contributed by atoms with Crippen LogP contribution < -0.4 is 11.1 Å². The Morgan fingerprint density at radius 1 is 1.48 bits per heavy atom. The fourth-order valence-electron chi connectivity index (χ4n) is 1.90. The largest absolute Gasteiger partial charge is 0.465 e. The zero-order valence-electron chi connectivity index (χ0n) is 11.6. The molecule has 1 aromatic carbocycles. The maximum Gasteiger partial charge on any atom is 0.340 e. The second-order valence-electron chi connectivity index (χ2n) is 4.45. The van der Waals surface area contributed by atoms with E-state index in [1.807, 2.05) is 12.1 Å². The van der Waals surface area contributed by atoms with Crippen molar-refractivity contribution >= 4 is 17.3 Å². The molecule has 0 fully saturated rings. The van der Waals surface area contributed by atoms with Gasteiger partial charge >= 0.3 is 5.97 Å². The number of rotatable bonds is 5. The average molecular weight is 289 g/mol. The number of anilines is 2. The zero-order valence-corrected chi connectivity index (χ0v) is 11.6. The van der Waals surface area contributed by atoms with Gasteiger partial charge in [0.15, 0.2) is 0 Å². The highest BCUT2D eigenvalue weighted by Gasteiger charge is 2.14. The fourth-order valence-corrected chi connectivity index (χ4v) is 1.90. The molecular weight excluding hydrogens is 273 g/mol. The Bertz CT molecular complexity index is 632. The van der Waals surface area contributed by atoms with Crippen LogP contribution in [0.15, 0.2) is 36.7 Å². The van der Waals surface area contributed by atoms with Crippen molar-refractivity contribution in [3.8, 4) is 0 Å². The summed E-state index contributed by atoms with van der Waals surface area (Å²) in [7, 11) is 1.25. The van der Waals surface area contributed by atoms with Crippen LogP contribution in [0.4, 0.5) is 15.8 Å². The lowest BCUT2D eigenvalue weighted by Gasteiger charge is -2.11. The molecule has 110 valence electrons. The van der Waals surface area contributed by atoms with Crippen molar-refractivity contribution < 1.29 is 13.9 Å². The first-order valence-corrected chi connectivity index (χ1v) is 6.42. The molecule has 0 aliphatic heterocycles. The molecule has 0 amide bonds. The first-order chi connectivity index (χ1) is 10.1. The van der Waals surface area contributed by atoms with Crippen LogP contribution >= 0.6 is 0 Å². The lowest BCUT2D eigenvalue weighted by Crippen LogP contribution is -2.11. The van der Waals surface area contributed by atoms with Gasteiger partial charge in [0.05, 0.1) is 18.4 Å². The number of carbonyl (C=O) groups excluding carboxylic acids is 1. The van der Waals surface area contributed by atoms with E-state index >= 15 is 0 Å². The number of ether oxygens (including phenoxy) is 1. The van der Waals surface area contributed by atoms with Crippen molar-refractivity contribution in [3.63, 3.8) is 0 Å². The van der Waals surface area contributed by atoms with E-state index < -0.39 is 11.8 Å². The van der Waals surface area contributed by atoms with Gasteiger partial charge in [-0.3, -0.25) is 4.98 Å². The number of nitrogens with one attached hydrogen (secondary N) is 1. The summed E-state index contributed by atoms with van der Waals surface area (Å²) in [6.45, 7) is 0.507. The Labute approximate surface area is 121 Å². The number of aromatic nitrogens is 1. The van der Waals surface area contributed by atoms with Crippen LogP contribution in [0, 0.1) is 5.82 Å². The van der Waals surface area contributed by atoms with Gasteiger partial charge in [-0.15, -0.1) is 0 Å². The van der Waals surface area contributed by atoms with Crippen LogP contribution in [0.5, 0.6) is 0 Å². The van der Waals surface area contributed by atoms with Crippen molar-refractivity contribution in [3.05, 3.63) is 53.6 Å². The third-order valence-corrected chi connectivity index (χ3v) is 3.00. The minimum atomic E-state index is -0.595. The number of carbonyl (C=O) groups is 1. The minimum absolute atomic E-state index is 0.0529. The predicted molar refractivity (Wildman–Crippen MR) is 78.6 cm³/mol. The summed E-state index contributed by atoms with van der Waals surface area (Å²) >= 11 is 0. The molecule has 0 unspecified atom stereocenters. The number of nitrogen functional groups attached to an aromatic ring is 1. The first-order valence-electron chi connectivity index (χ1n) is 6.42. The summed E-state index contributed by atoms with van der Waals surface area (Å²) in [6, 6.07) is 6.25. The number of esters is 1. The number of pyridine rings is 1. The highest BCUT2D eigenvalue weighted by atomic mass is 19.1. The van der Waals surface area contributed by atoms with E-state index in [9.17, 15) is 9.18 Å². The molecule has 1 heterocycles. The SMILES string of the molecule is COC(=O)c1cc(NCCc2cccnc2)c(F)cc1N. The quantitative estimate of drug-likeness (QED) is 0.652. The number of benzene rings is 1. The van der Waals surface area contributed by atoms with Crippen LogP contribution in [0.1, 0.15) is 15.9 Å². The maximum atomic E-state index is 13.8. The van der Waals surface area contributed by atoms with E-state index in [0.717, 1.165) is 11.6 Å². The van der Waals surface area contributed by atoms with Gasteiger partial charge in [0.2, 0.25) is 0 Å². The summed E-state index contributed by atoms with van der Waals surface area (Å²) < 4.78 is 18.4. The number of nitrogens with zero attached hydrogens (tertiary/aromatic N) is 1. The lowest BCUT2D eigenvalue weighted by atomic mass is 10.1. The van der Waals surface area contributed by atoms with E-state index in [4.69, 9.17) is 5.73 Å². The second-order valence-corrected chi connectivity index (χ2v) is 4.45. The molecule has 5 nitrogen and oxygen atoms in total. The molecule has 2 rings (SSSR count). The summed E-state index contributed by atoms with van der Waals surface area (Å²) in [5, 5.41) is 2.94. The predicted octanol–water partition coefficient (Wildman–Crippen LogP) is 2.24. The summed E-state index contributed by atoms with van der Waals surface area (Å²) in [6.07, 6.45) is 4.13. The summed E-state index contributed by atoms with van der Waals surface area (Å²) in [4.78, 5) is 15.5. The average Bonchev–Trinajstić information content (AvgIpc) is 2.49. The van der Waals surface area contributed by atoms with Gasteiger partial charge < -0.3 is 15.8 Å². The van der Waals surface area contributed by atoms with E-state index in [1.54, 1.807) is 12.4 Å². The maximum absolute atomic E-state index is 13.8. The summed E-state index contributed by atoms with van der Waals surface area (Å²) in [5.41, 5.74) is 7.06. The second kappa shape index (κ2) is 6.69. The van der Waals surface area contributed by atoms with Gasteiger partial charge in [0, 0.05) is 24.6 Å². The molecule has 0 saturated carbocycles. The van der Waals surface area contributed by atoms with Crippen LogP contribution in [-0.4, -0.2) is 24.6 Å². The molecule has 0 saturated heterocycles. The van der Waals surface area contributed by atoms with Gasteiger partial charge in [-0.2, -0.15) is 0 Å². The van der Waals surface area contributed by atoms with Gasteiger partial charge in [0.1, 0.15) is 5.82 Å². The Morgan fingerprint density at radius 3 is 2.95 bits per heavy atom. The molecule has 0 bridgehead atoms. The van der Waals surface area contributed by atoms with Crippen LogP contribution in [0.3, 0.4) is 0 Å². The smallest absolute Gasteiger partial charge is 0.340 e. The standard InChI is InChI=1S/C15H16FN3O2/c1-21-15(20)11-7-14(12(16)8-13(11)17)19-6-4-10-3-2-5-18-9-10/h2-3,5,7-9,19H,4,6,17H2,1H3. The highest BCUT2D eigenvalue weighted by molar-refractivity contribution is 5.96. The molecule has 0 radical (unpaired) electrons. The van der Waals surface area contributed by atoms with E-state index in [0.29, 0.717) is 13.0 Å². The fraction of sp³-hybridized carbons (Fsp3) is 0.200. The number of methoxy groups -OCH3 is 1. The number of nitrogens with two attached hydrogens (primary N) is 1. The third kappa shape index (κ3) is 3.68. The monoisotopic (exact) mass is 289 g/mol. The molecule has 21 heavy (non-hydrogen) atoms. The van der Waals surface area contributed by atoms with Crippen molar-refractivity contribution in [2.24, 2.45) is 0 Å². The Hall–Kier alpha value is -2.63. The lowest BCUT2D eigenvalue weighted by molar-refractivity contribution is 0.0602. The third-order valence-electron chi connectivity index (χ3n) is 3.00. The molecule has 2 aromatic rings. The molecule has 1 aromatic heterocycles. The summed E-state index contributed by atoms with van der Waals surface area (Å²) in [5.74, 6) is -1.10. The van der Waals surface area contributed by atoms with Crippen molar-refractivity contribution in [1.82, 2.24) is 4.98 Å².